The van der Waals surface area contributed by atoms with Crippen LogP contribution in [0.15, 0.2) is 54.6 Å². The summed E-state index contributed by atoms with van der Waals surface area (Å²) in [5.41, 5.74) is 4.37. The standard InChI is InChI=1S/C21H20N2O/c1-13-19(14(2)23-22-13)21(24-3)20-17-10-6-4-8-15(17)12-16-9-5-7-11-18(16)20/h4-12,21H,1-3H3,(H,22,23)/t21-/m0/s1. The van der Waals surface area contributed by atoms with Crippen LogP contribution in [0.5, 0.6) is 0 Å². The first-order chi connectivity index (χ1) is 11.7. The van der Waals surface area contributed by atoms with Crippen molar-refractivity contribution in [1.29, 1.82) is 0 Å². The summed E-state index contributed by atoms with van der Waals surface area (Å²) in [6.45, 7) is 4.08. The van der Waals surface area contributed by atoms with Crippen molar-refractivity contribution in [3.63, 3.8) is 0 Å². The van der Waals surface area contributed by atoms with Crippen molar-refractivity contribution < 1.29 is 4.74 Å². The van der Waals surface area contributed by atoms with E-state index >= 15 is 0 Å². The summed E-state index contributed by atoms with van der Waals surface area (Å²) in [5.74, 6) is 0. The predicted octanol–water partition coefficient (Wildman–Crippen LogP) is 5.07. The Balaban J connectivity index is 2.12. The predicted molar refractivity (Wildman–Crippen MR) is 98.4 cm³/mol. The Morgan fingerprint density at radius 2 is 1.46 bits per heavy atom. The number of ether oxygens (including phenoxy) is 1. The quantitative estimate of drug-likeness (QED) is 0.536. The lowest BCUT2D eigenvalue weighted by atomic mass is 9.90. The van der Waals surface area contributed by atoms with Crippen molar-refractivity contribution in [2.45, 2.75) is 20.0 Å². The second kappa shape index (κ2) is 5.77. The lowest BCUT2D eigenvalue weighted by Crippen LogP contribution is -2.07. The monoisotopic (exact) mass is 316 g/mol. The fourth-order valence-electron chi connectivity index (χ4n) is 3.66. The van der Waals surface area contributed by atoms with E-state index in [1.807, 2.05) is 6.92 Å². The topological polar surface area (TPSA) is 37.9 Å². The summed E-state index contributed by atoms with van der Waals surface area (Å²) in [6, 6.07) is 19.2. The molecule has 3 heteroatoms. The summed E-state index contributed by atoms with van der Waals surface area (Å²) in [6.07, 6.45) is -0.153. The highest BCUT2D eigenvalue weighted by molar-refractivity contribution is 6.02. The zero-order valence-corrected chi connectivity index (χ0v) is 14.1. The highest BCUT2D eigenvalue weighted by Gasteiger charge is 2.24. The second-order valence-corrected chi connectivity index (χ2v) is 6.20. The van der Waals surface area contributed by atoms with E-state index in [4.69, 9.17) is 4.74 Å². The van der Waals surface area contributed by atoms with Gasteiger partial charge in [-0.25, -0.2) is 0 Å². The minimum absolute atomic E-state index is 0.153. The van der Waals surface area contributed by atoms with Crippen LogP contribution in [0.2, 0.25) is 0 Å². The van der Waals surface area contributed by atoms with Gasteiger partial charge in [0.15, 0.2) is 0 Å². The Morgan fingerprint density at radius 1 is 0.875 bits per heavy atom. The van der Waals surface area contributed by atoms with Crippen LogP contribution in [0.3, 0.4) is 0 Å². The first-order valence-corrected chi connectivity index (χ1v) is 8.15. The third-order valence-corrected chi connectivity index (χ3v) is 4.76. The van der Waals surface area contributed by atoms with E-state index in [2.05, 4.69) is 71.7 Å². The van der Waals surface area contributed by atoms with Gasteiger partial charge in [-0.05, 0) is 41.5 Å². The number of methoxy groups -OCH3 is 1. The van der Waals surface area contributed by atoms with Gasteiger partial charge in [0.25, 0.3) is 0 Å². The molecule has 4 rings (SSSR count). The van der Waals surface area contributed by atoms with E-state index < -0.39 is 0 Å². The molecule has 0 amide bonds. The molecule has 0 radical (unpaired) electrons. The number of nitrogens with zero attached hydrogens (tertiary/aromatic N) is 1. The van der Waals surface area contributed by atoms with Crippen molar-refractivity contribution in [3.8, 4) is 0 Å². The zero-order chi connectivity index (χ0) is 16.7. The number of nitrogens with one attached hydrogen (secondary N) is 1. The molecule has 0 saturated carbocycles. The Morgan fingerprint density at radius 3 is 1.96 bits per heavy atom. The molecule has 0 saturated heterocycles. The van der Waals surface area contributed by atoms with Crippen LogP contribution in [0.4, 0.5) is 0 Å². The lowest BCUT2D eigenvalue weighted by Gasteiger charge is -2.21. The Labute approximate surface area is 141 Å². The SMILES string of the molecule is CO[C@@H](c1c(C)n[nH]c1C)c1c2ccccc2cc2ccccc12. The largest absolute Gasteiger partial charge is 0.372 e. The average Bonchev–Trinajstić information content (AvgIpc) is 2.94. The van der Waals surface area contributed by atoms with Crippen LogP contribution in [0.1, 0.15) is 28.6 Å². The third kappa shape index (κ3) is 2.21. The number of benzene rings is 3. The van der Waals surface area contributed by atoms with Crippen molar-refractivity contribution in [2.75, 3.05) is 7.11 Å². The minimum Gasteiger partial charge on any atom is -0.372 e. The molecule has 0 aliphatic carbocycles. The highest BCUT2D eigenvalue weighted by Crippen LogP contribution is 2.38. The van der Waals surface area contributed by atoms with Crippen molar-refractivity contribution in [1.82, 2.24) is 10.2 Å². The number of hydrogen-bond acceptors (Lipinski definition) is 2. The second-order valence-electron chi connectivity index (χ2n) is 6.20. The fraction of sp³-hybridized carbons (Fsp3) is 0.190. The zero-order valence-electron chi connectivity index (χ0n) is 14.1. The number of hydrogen-bond donors (Lipinski definition) is 1. The molecule has 0 spiro atoms. The van der Waals surface area contributed by atoms with E-state index in [0.717, 1.165) is 17.0 Å². The number of rotatable bonds is 3. The fourth-order valence-corrected chi connectivity index (χ4v) is 3.66. The van der Waals surface area contributed by atoms with Gasteiger partial charge in [0.05, 0.1) is 5.69 Å². The molecule has 4 aromatic rings. The Bertz CT molecular complexity index is 959. The number of H-pyrrole nitrogens is 1. The van der Waals surface area contributed by atoms with E-state index in [-0.39, 0.29) is 6.10 Å². The number of aromatic nitrogens is 2. The van der Waals surface area contributed by atoms with Crippen molar-refractivity contribution >= 4 is 21.5 Å². The van der Waals surface area contributed by atoms with E-state index in [1.54, 1.807) is 7.11 Å². The average molecular weight is 316 g/mol. The summed E-state index contributed by atoms with van der Waals surface area (Å²) < 4.78 is 6.00. The molecule has 0 aliphatic rings. The van der Waals surface area contributed by atoms with Crippen LogP contribution in [0, 0.1) is 13.8 Å². The van der Waals surface area contributed by atoms with Crippen LogP contribution in [-0.2, 0) is 4.74 Å². The molecule has 3 aromatic carbocycles. The van der Waals surface area contributed by atoms with Crippen LogP contribution >= 0.6 is 0 Å². The van der Waals surface area contributed by atoms with Crippen molar-refractivity contribution in [2.24, 2.45) is 0 Å². The van der Waals surface area contributed by atoms with Crippen molar-refractivity contribution in [3.05, 3.63) is 77.1 Å². The van der Waals surface area contributed by atoms with E-state index in [0.29, 0.717) is 0 Å². The molecule has 0 unspecified atom stereocenters. The maximum Gasteiger partial charge on any atom is 0.112 e. The lowest BCUT2D eigenvalue weighted by molar-refractivity contribution is 0.137. The molecular formula is C21H20N2O. The van der Waals surface area contributed by atoms with Gasteiger partial charge in [-0.2, -0.15) is 5.10 Å². The molecule has 1 atom stereocenters. The summed E-state index contributed by atoms with van der Waals surface area (Å²) in [5, 5.41) is 12.4. The van der Waals surface area contributed by atoms with Crippen LogP contribution in [0.25, 0.3) is 21.5 Å². The van der Waals surface area contributed by atoms with Gasteiger partial charge in [-0.3, -0.25) is 5.10 Å². The molecule has 1 heterocycles. The molecular weight excluding hydrogens is 296 g/mol. The Kier molecular flexibility index (Phi) is 3.58. The number of aryl methyl sites for hydroxylation is 2. The molecule has 1 N–H and O–H groups in total. The van der Waals surface area contributed by atoms with Gasteiger partial charge in [-0.15, -0.1) is 0 Å². The number of fused-ring (bicyclic) bond motifs is 2. The molecule has 120 valence electrons. The molecule has 3 nitrogen and oxygen atoms in total. The normalized spacial score (nSPS) is 12.8. The van der Waals surface area contributed by atoms with E-state index in [1.165, 1.54) is 27.1 Å². The maximum atomic E-state index is 6.00. The molecule has 1 aromatic heterocycles. The first-order valence-electron chi connectivity index (χ1n) is 8.15. The summed E-state index contributed by atoms with van der Waals surface area (Å²) >= 11 is 0. The molecule has 0 bridgehead atoms. The van der Waals surface area contributed by atoms with Gasteiger partial charge in [-0.1, -0.05) is 48.5 Å². The maximum absolute atomic E-state index is 6.00. The van der Waals surface area contributed by atoms with Gasteiger partial charge in [0.1, 0.15) is 6.10 Å². The molecule has 0 aliphatic heterocycles. The highest BCUT2D eigenvalue weighted by atomic mass is 16.5. The van der Waals surface area contributed by atoms with Crippen LogP contribution < -0.4 is 0 Å². The van der Waals surface area contributed by atoms with Crippen LogP contribution in [-0.4, -0.2) is 17.3 Å². The summed E-state index contributed by atoms with van der Waals surface area (Å²) in [7, 11) is 1.77. The third-order valence-electron chi connectivity index (χ3n) is 4.76. The Hall–Kier alpha value is -2.65. The molecule has 24 heavy (non-hydrogen) atoms. The van der Waals surface area contributed by atoms with Gasteiger partial charge < -0.3 is 4.74 Å². The first kappa shape index (κ1) is 14.9. The van der Waals surface area contributed by atoms with Gasteiger partial charge in [0, 0.05) is 23.9 Å². The minimum atomic E-state index is -0.153. The smallest absolute Gasteiger partial charge is 0.112 e. The number of aromatic amines is 1. The summed E-state index contributed by atoms with van der Waals surface area (Å²) in [4.78, 5) is 0. The van der Waals surface area contributed by atoms with E-state index in [9.17, 15) is 0 Å². The molecule has 0 fully saturated rings. The van der Waals surface area contributed by atoms with Gasteiger partial charge >= 0.3 is 0 Å². The van der Waals surface area contributed by atoms with Gasteiger partial charge in [0.2, 0.25) is 0 Å².